The van der Waals surface area contributed by atoms with Crippen molar-refractivity contribution < 1.29 is 4.39 Å². The van der Waals surface area contributed by atoms with Crippen LogP contribution < -0.4 is 11.1 Å². The van der Waals surface area contributed by atoms with E-state index in [4.69, 9.17) is 17.3 Å². The van der Waals surface area contributed by atoms with Crippen LogP contribution in [0.2, 0.25) is 5.02 Å². The van der Waals surface area contributed by atoms with E-state index in [1.165, 1.54) is 12.1 Å². The molecule has 0 radical (unpaired) electrons. The van der Waals surface area contributed by atoms with Gasteiger partial charge in [0.25, 0.3) is 0 Å². The summed E-state index contributed by atoms with van der Waals surface area (Å²) in [5, 5.41) is 3.21. The Morgan fingerprint density at radius 3 is 2.67 bits per heavy atom. The van der Waals surface area contributed by atoms with Gasteiger partial charge in [0, 0.05) is 11.0 Å². The molecule has 0 saturated carbocycles. The molecule has 2 rings (SSSR count). The molecule has 0 aliphatic heterocycles. The van der Waals surface area contributed by atoms with Gasteiger partial charge in [0.15, 0.2) is 0 Å². The van der Waals surface area contributed by atoms with Crippen LogP contribution in [-0.2, 0) is 0 Å². The van der Waals surface area contributed by atoms with Gasteiger partial charge in [-0.05, 0) is 24.5 Å². The van der Waals surface area contributed by atoms with Gasteiger partial charge in [-0.15, -0.1) is 11.8 Å². The van der Waals surface area contributed by atoms with Gasteiger partial charge in [0.1, 0.15) is 5.82 Å². The van der Waals surface area contributed by atoms with Crippen molar-refractivity contribution in [3.05, 3.63) is 47.2 Å². The van der Waals surface area contributed by atoms with E-state index in [9.17, 15) is 4.39 Å². The van der Waals surface area contributed by atoms with Gasteiger partial charge < -0.3 is 11.1 Å². The number of nitrogens with two attached hydrogens (primary N) is 1. The molecule has 0 spiro atoms. The molecule has 0 amide bonds. The number of hydrogen-bond acceptors (Lipinski definition) is 3. The van der Waals surface area contributed by atoms with E-state index >= 15 is 0 Å². The third kappa shape index (κ3) is 2.71. The van der Waals surface area contributed by atoms with Crippen LogP contribution in [0.25, 0.3) is 0 Å². The molecule has 2 aromatic rings. The highest BCUT2D eigenvalue weighted by atomic mass is 35.5. The quantitative estimate of drug-likeness (QED) is 0.642. The lowest BCUT2D eigenvalue weighted by Gasteiger charge is -2.13. The number of rotatable bonds is 3. The van der Waals surface area contributed by atoms with E-state index in [1.807, 2.05) is 30.5 Å². The van der Waals surface area contributed by atoms with Gasteiger partial charge in [-0.2, -0.15) is 0 Å². The first kappa shape index (κ1) is 13.1. The maximum absolute atomic E-state index is 13.2. The molecule has 0 aliphatic carbocycles. The molecule has 0 saturated heterocycles. The van der Waals surface area contributed by atoms with Crippen LogP contribution in [0.5, 0.6) is 0 Å². The van der Waals surface area contributed by atoms with E-state index in [0.29, 0.717) is 11.4 Å². The van der Waals surface area contributed by atoms with E-state index in [2.05, 4.69) is 5.32 Å². The fourth-order valence-electron chi connectivity index (χ4n) is 1.56. The highest BCUT2D eigenvalue weighted by molar-refractivity contribution is 7.98. The Bertz CT molecular complexity index is 575. The molecule has 2 aromatic carbocycles. The number of para-hydroxylation sites is 1. The van der Waals surface area contributed by atoms with E-state index in [-0.39, 0.29) is 5.02 Å². The standard InChI is InChI=1S/C13H12ClFN2S/c1-18-13-5-3-2-4-11(13)17-12-6-8(14)9(15)7-10(12)16/h2-7,17H,16H2,1H3. The van der Waals surface area contributed by atoms with E-state index in [0.717, 1.165) is 10.6 Å². The summed E-state index contributed by atoms with van der Waals surface area (Å²) in [6.45, 7) is 0. The van der Waals surface area contributed by atoms with Gasteiger partial charge in [-0.1, -0.05) is 23.7 Å². The summed E-state index contributed by atoms with van der Waals surface area (Å²) in [6, 6.07) is 10.5. The molecule has 3 N–H and O–H groups in total. The predicted octanol–water partition coefficient (Wildman–Crippen LogP) is 4.53. The van der Waals surface area contributed by atoms with Crippen molar-refractivity contribution in [1.82, 2.24) is 0 Å². The molecule has 0 unspecified atom stereocenters. The Morgan fingerprint density at radius 1 is 1.22 bits per heavy atom. The SMILES string of the molecule is CSc1ccccc1Nc1cc(Cl)c(F)cc1N. The van der Waals surface area contributed by atoms with Crippen LogP contribution in [0.1, 0.15) is 0 Å². The minimum absolute atomic E-state index is 0.0494. The van der Waals surface area contributed by atoms with Gasteiger partial charge in [0.2, 0.25) is 0 Å². The molecule has 0 aliphatic rings. The maximum Gasteiger partial charge on any atom is 0.143 e. The summed E-state index contributed by atoms with van der Waals surface area (Å²) in [4.78, 5) is 1.08. The summed E-state index contributed by atoms with van der Waals surface area (Å²) >= 11 is 7.37. The highest BCUT2D eigenvalue weighted by Crippen LogP contribution is 2.32. The molecule has 94 valence electrons. The van der Waals surface area contributed by atoms with Gasteiger partial charge >= 0.3 is 0 Å². The molecule has 0 heterocycles. The number of anilines is 3. The first-order valence-electron chi connectivity index (χ1n) is 5.26. The molecular formula is C13H12ClFN2S. The second-order valence-corrected chi connectivity index (χ2v) is 4.93. The summed E-state index contributed by atoms with van der Waals surface area (Å²) < 4.78 is 13.2. The monoisotopic (exact) mass is 282 g/mol. The predicted molar refractivity (Wildman–Crippen MR) is 77.3 cm³/mol. The fraction of sp³-hybridized carbons (Fsp3) is 0.0769. The van der Waals surface area contributed by atoms with Crippen LogP contribution in [0.15, 0.2) is 41.3 Å². The van der Waals surface area contributed by atoms with Gasteiger partial charge in [-0.25, -0.2) is 4.39 Å². The summed E-state index contributed by atoms with van der Waals surface area (Å²) in [6.07, 6.45) is 1.99. The average Bonchev–Trinajstić information content (AvgIpc) is 2.36. The fourth-order valence-corrected chi connectivity index (χ4v) is 2.28. The lowest BCUT2D eigenvalue weighted by atomic mass is 10.2. The summed E-state index contributed by atoms with van der Waals surface area (Å²) in [5.41, 5.74) is 7.60. The van der Waals surface area contributed by atoms with Crippen molar-refractivity contribution in [2.24, 2.45) is 0 Å². The van der Waals surface area contributed by atoms with Crippen LogP contribution in [0, 0.1) is 5.82 Å². The lowest BCUT2D eigenvalue weighted by molar-refractivity contribution is 0.629. The number of nitrogens with one attached hydrogen (secondary N) is 1. The van der Waals surface area contributed by atoms with Gasteiger partial charge in [0.05, 0.1) is 22.1 Å². The van der Waals surface area contributed by atoms with Crippen LogP contribution >= 0.6 is 23.4 Å². The zero-order valence-electron chi connectivity index (χ0n) is 9.71. The normalized spacial score (nSPS) is 10.4. The molecule has 5 heteroatoms. The molecule has 0 aromatic heterocycles. The second kappa shape index (κ2) is 5.50. The van der Waals surface area contributed by atoms with Crippen LogP contribution in [0.4, 0.5) is 21.5 Å². The number of nitrogen functional groups attached to an aromatic ring is 1. The van der Waals surface area contributed by atoms with Crippen molar-refractivity contribution in [2.75, 3.05) is 17.3 Å². The first-order valence-corrected chi connectivity index (χ1v) is 6.86. The summed E-state index contributed by atoms with van der Waals surface area (Å²) in [5.74, 6) is -0.516. The third-order valence-corrected chi connectivity index (χ3v) is 3.55. The second-order valence-electron chi connectivity index (χ2n) is 3.68. The number of halogens is 2. The van der Waals surface area contributed by atoms with E-state index < -0.39 is 5.82 Å². The molecule has 2 nitrogen and oxygen atoms in total. The smallest absolute Gasteiger partial charge is 0.143 e. The number of hydrogen-bond donors (Lipinski definition) is 2. The Balaban J connectivity index is 2.37. The Hall–Kier alpha value is -1.39. The minimum Gasteiger partial charge on any atom is -0.397 e. The molecular weight excluding hydrogens is 271 g/mol. The van der Waals surface area contributed by atoms with Crippen LogP contribution in [0.3, 0.4) is 0 Å². The van der Waals surface area contributed by atoms with Crippen molar-refractivity contribution >= 4 is 40.4 Å². The lowest BCUT2D eigenvalue weighted by Crippen LogP contribution is -1.98. The van der Waals surface area contributed by atoms with E-state index in [1.54, 1.807) is 11.8 Å². The maximum atomic E-state index is 13.2. The topological polar surface area (TPSA) is 38.0 Å². The van der Waals surface area contributed by atoms with Crippen molar-refractivity contribution in [3.63, 3.8) is 0 Å². The molecule has 0 bridgehead atoms. The van der Waals surface area contributed by atoms with Gasteiger partial charge in [-0.3, -0.25) is 0 Å². The largest absolute Gasteiger partial charge is 0.397 e. The van der Waals surface area contributed by atoms with Crippen molar-refractivity contribution in [3.8, 4) is 0 Å². The van der Waals surface area contributed by atoms with Crippen molar-refractivity contribution in [2.45, 2.75) is 4.90 Å². The number of benzene rings is 2. The third-order valence-electron chi connectivity index (χ3n) is 2.47. The minimum atomic E-state index is -0.516. The Labute approximate surface area is 114 Å². The van der Waals surface area contributed by atoms with Crippen molar-refractivity contribution in [1.29, 1.82) is 0 Å². The first-order chi connectivity index (χ1) is 8.61. The Morgan fingerprint density at radius 2 is 1.94 bits per heavy atom. The highest BCUT2D eigenvalue weighted by Gasteiger charge is 2.08. The molecule has 0 fully saturated rings. The Kier molecular flexibility index (Phi) is 3.99. The summed E-state index contributed by atoms with van der Waals surface area (Å²) in [7, 11) is 0. The zero-order valence-corrected chi connectivity index (χ0v) is 11.3. The number of thioether (sulfide) groups is 1. The molecule has 0 atom stereocenters. The average molecular weight is 283 g/mol. The zero-order chi connectivity index (χ0) is 13.1. The van der Waals surface area contributed by atoms with Crippen LogP contribution in [-0.4, -0.2) is 6.26 Å². The molecule has 18 heavy (non-hydrogen) atoms.